The fourth-order valence-corrected chi connectivity index (χ4v) is 2.21. The third kappa shape index (κ3) is 5.42. The van der Waals surface area contributed by atoms with Crippen LogP contribution in [0, 0.1) is 19.7 Å². The average molecular weight is 343 g/mol. The average Bonchev–Trinajstić information content (AvgIpc) is 2.57. The monoisotopic (exact) mass is 343 g/mol. The number of halogens is 1. The van der Waals surface area contributed by atoms with Gasteiger partial charge in [-0.15, -0.1) is 0 Å². The van der Waals surface area contributed by atoms with E-state index < -0.39 is 17.6 Å². The zero-order valence-electron chi connectivity index (χ0n) is 13.9. The Hall–Kier alpha value is -3.22. The van der Waals surface area contributed by atoms with E-state index in [1.807, 2.05) is 19.9 Å². The molecule has 2 aromatic rings. The first-order valence-corrected chi connectivity index (χ1v) is 7.56. The molecule has 0 bridgehead atoms. The molecule has 0 aromatic heterocycles. The van der Waals surface area contributed by atoms with Gasteiger partial charge in [-0.3, -0.25) is 25.2 Å². The summed E-state index contributed by atoms with van der Waals surface area (Å²) < 4.78 is 12.8. The van der Waals surface area contributed by atoms with Crippen LogP contribution < -0.4 is 16.2 Å². The van der Waals surface area contributed by atoms with Gasteiger partial charge in [0.15, 0.2) is 0 Å². The van der Waals surface area contributed by atoms with Gasteiger partial charge in [0.05, 0.1) is 6.54 Å². The molecule has 3 N–H and O–H groups in total. The summed E-state index contributed by atoms with van der Waals surface area (Å²) in [6.07, 6.45) is 0. The second kappa shape index (κ2) is 8.05. The van der Waals surface area contributed by atoms with Crippen molar-refractivity contribution in [3.63, 3.8) is 0 Å². The van der Waals surface area contributed by atoms with Gasteiger partial charge in [-0.2, -0.15) is 0 Å². The number of aryl methyl sites for hydroxylation is 2. The predicted molar refractivity (Wildman–Crippen MR) is 90.3 cm³/mol. The van der Waals surface area contributed by atoms with Gasteiger partial charge >= 0.3 is 0 Å². The Kier molecular flexibility index (Phi) is 5.84. The maximum atomic E-state index is 12.8. The standard InChI is InChI=1S/C18H18FN3O3/c1-11-7-12(2)9-14(8-11)17(24)20-10-16(23)21-22-18(25)13-3-5-15(19)6-4-13/h3-9H,10H2,1-2H3,(H,20,24)(H,21,23)(H,22,25). The highest BCUT2D eigenvalue weighted by Gasteiger charge is 2.10. The first-order chi connectivity index (χ1) is 11.8. The number of benzene rings is 2. The number of amides is 3. The molecule has 6 nitrogen and oxygen atoms in total. The topological polar surface area (TPSA) is 87.3 Å². The number of hydrogen-bond acceptors (Lipinski definition) is 3. The molecule has 0 unspecified atom stereocenters. The summed E-state index contributed by atoms with van der Waals surface area (Å²) in [7, 11) is 0. The lowest BCUT2D eigenvalue weighted by molar-refractivity contribution is -0.120. The molecule has 0 aliphatic heterocycles. The molecule has 0 aliphatic carbocycles. The van der Waals surface area contributed by atoms with E-state index in [-0.39, 0.29) is 18.0 Å². The summed E-state index contributed by atoms with van der Waals surface area (Å²) in [6, 6.07) is 10.2. The molecule has 0 spiro atoms. The van der Waals surface area contributed by atoms with Crippen LogP contribution in [0.1, 0.15) is 31.8 Å². The van der Waals surface area contributed by atoms with Gasteiger partial charge in [0.2, 0.25) is 0 Å². The van der Waals surface area contributed by atoms with Crippen molar-refractivity contribution in [1.29, 1.82) is 0 Å². The summed E-state index contributed by atoms with van der Waals surface area (Å²) in [5, 5.41) is 2.47. The number of nitrogens with one attached hydrogen (secondary N) is 3. The summed E-state index contributed by atoms with van der Waals surface area (Å²) in [5.74, 6) is -2.02. The van der Waals surface area contributed by atoms with Crippen molar-refractivity contribution in [2.75, 3.05) is 6.54 Å². The smallest absolute Gasteiger partial charge is 0.269 e. The van der Waals surface area contributed by atoms with Crippen LogP contribution in [0.5, 0.6) is 0 Å². The van der Waals surface area contributed by atoms with Crippen LogP contribution in [0.2, 0.25) is 0 Å². The molecular formula is C18H18FN3O3. The van der Waals surface area contributed by atoms with Gasteiger partial charge in [-0.05, 0) is 50.2 Å². The molecular weight excluding hydrogens is 325 g/mol. The Bertz CT molecular complexity index is 783. The number of rotatable bonds is 4. The lowest BCUT2D eigenvalue weighted by Gasteiger charge is -2.09. The third-order valence-corrected chi connectivity index (χ3v) is 3.32. The highest BCUT2D eigenvalue weighted by atomic mass is 19.1. The number of hydrogen-bond donors (Lipinski definition) is 3. The zero-order chi connectivity index (χ0) is 18.4. The van der Waals surface area contributed by atoms with E-state index in [0.717, 1.165) is 23.3 Å². The number of carbonyl (C=O) groups is 3. The minimum absolute atomic E-state index is 0.195. The molecule has 3 amide bonds. The summed E-state index contributed by atoms with van der Waals surface area (Å²) in [6.45, 7) is 3.46. The second-order valence-corrected chi connectivity index (χ2v) is 5.57. The molecule has 2 aromatic carbocycles. The van der Waals surface area contributed by atoms with Crippen LogP contribution in [-0.2, 0) is 4.79 Å². The largest absolute Gasteiger partial charge is 0.343 e. The third-order valence-electron chi connectivity index (χ3n) is 3.32. The molecule has 0 radical (unpaired) electrons. The van der Waals surface area contributed by atoms with Gasteiger partial charge in [-0.1, -0.05) is 17.2 Å². The quantitative estimate of drug-likeness (QED) is 0.738. The van der Waals surface area contributed by atoms with Crippen molar-refractivity contribution in [2.45, 2.75) is 13.8 Å². The highest BCUT2D eigenvalue weighted by molar-refractivity contribution is 5.98. The second-order valence-electron chi connectivity index (χ2n) is 5.57. The van der Waals surface area contributed by atoms with E-state index in [1.54, 1.807) is 12.1 Å². The molecule has 130 valence electrons. The maximum absolute atomic E-state index is 12.8. The fourth-order valence-electron chi connectivity index (χ4n) is 2.21. The SMILES string of the molecule is Cc1cc(C)cc(C(=O)NCC(=O)NNC(=O)c2ccc(F)cc2)c1. The zero-order valence-corrected chi connectivity index (χ0v) is 13.9. The molecule has 7 heteroatoms. The van der Waals surface area contributed by atoms with Crippen molar-refractivity contribution in [1.82, 2.24) is 16.2 Å². The molecule has 0 aliphatic rings. The first-order valence-electron chi connectivity index (χ1n) is 7.56. The molecule has 0 atom stereocenters. The first kappa shape index (κ1) is 18.1. The van der Waals surface area contributed by atoms with Gasteiger partial charge in [0.1, 0.15) is 5.82 Å². The Morgan fingerprint density at radius 1 is 0.840 bits per heavy atom. The molecule has 25 heavy (non-hydrogen) atoms. The summed E-state index contributed by atoms with van der Waals surface area (Å²) in [5.41, 5.74) is 6.91. The minimum atomic E-state index is -0.590. The van der Waals surface area contributed by atoms with Gasteiger partial charge in [0, 0.05) is 11.1 Å². The highest BCUT2D eigenvalue weighted by Crippen LogP contribution is 2.08. The van der Waals surface area contributed by atoms with Crippen LogP contribution in [0.25, 0.3) is 0 Å². The van der Waals surface area contributed by atoms with E-state index in [4.69, 9.17) is 0 Å². The van der Waals surface area contributed by atoms with Crippen molar-refractivity contribution in [3.05, 3.63) is 70.5 Å². The van der Waals surface area contributed by atoms with E-state index in [0.29, 0.717) is 5.56 Å². The Morgan fingerprint density at radius 3 is 2.04 bits per heavy atom. The Morgan fingerprint density at radius 2 is 1.44 bits per heavy atom. The van der Waals surface area contributed by atoms with E-state index in [2.05, 4.69) is 16.2 Å². The van der Waals surface area contributed by atoms with Crippen LogP contribution in [0.3, 0.4) is 0 Å². The predicted octanol–water partition coefficient (Wildman–Crippen LogP) is 1.63. The van der Waals surface area contributed by atoms with Crippen molar-refractivity contribution >= 4 is 17.7 Å². The van der Waals surface area contributed by atoms with Crippen LogP contribution in [0.4, 0.5) is 4.39 Å². The lowest BCUT2D eigenvalue weighted by Crippen LogP contribution is -2.46. The normalized spacial score (nSPS) is 10.0. The van der Waals surface area contributed by atoms with E-state index in [1.165, 1.54) is 12.1 Å². The van der Waals surface area contributed by atoms with Crippen molar-refractivity contribution in [2.24, 2.45) is 0 Å². The molecule has 0 saturated carbocycles. The Labute approximate surface area is 144 Å². The summed E-state index contributed by atoms with van der Waals surface area (Å²) in [4.78, 5) is 35.5. The molecule has 0 heterocycles. The van der Waals surface area contributed by atoms with Gasteiger partial charge in [0.25, 0.3) is 17.7 Å². The number of hydrazine groups is 1. The fraction of sp³-hybridized carbons (Fsp3) is 0.167. The van der Waals surface area contributed by atoms with Crippen LogP contribution >= 0.6 is 0 Å². The van der Waals surface area contributed by atoms with Crippen molar-refractivity contribution in [3.8, 4) is 0 Å². The molecule has 2 rings (SSSR count). The molecule has 0 fully saturated rings. The lowest BCUT2D eigenvalue weighted by atomic mass is 10.1. The van der Waals surface area contributed by atoms with Gasteiger partial charge < -0.3 is 5.32 Å². The van der Waals surface area contributed by atoms with Crippen LogP contribution in [-0.4, -0.2) is 24.3 Å². The van der Waals surface area contributed by atoms with Crippen molar-refractivity contribution < 1.29 is 18.8 Å². The van der Waals surface area contributed by atoms with Crippen LogP contribution in [0.15, 0.2) is 42.5 Å². The minimum Gasteiger partial charge on any atom is -0.343 e. The van der Waals surface area contributed by atoms with E-state index >= 15 is 0 Å². The van der Waals surface area contributed by atoms with Gasteiger partial charge in [-0.25, -0.2) is 4.39 Å². The maximum Gasteiger partial charge on any atom is 0.269 e. The Balaban J connectivity index is 1.81. The summed E-state index contributed by atoms with van der Waals surface area (Å²) >= 11 is 0. The number of carbonyl (C=O) groups excluding carboxylic acids is 3. The molecule has 0 saturated heterocycles. The van der Waals surface area contributed by atoms with E-state index in [9.17, 15) is 18.8 Å².